The molecule has 0 spiro atoms. The summed E-state index contributed by atoms with van der Waals surface area (Å²) in [6.07, 6.45) is 9.52. The molecule has 1 aliphatic rings. The highest BCUT2D eigenvalue weighted by Gasteiger charge is 2.30. The molecule has 0 radical (unpaired) electrons. The summed E-state index contributed by atoms with van der Waals surface area (Å²) in [4.78, 5) is 0. The third kappa shape index (κ3) is 2.82. The van der Waals surface area contributed by atoms with E-state index in [1.807, 2.05) is 6.08 Å². The standard InChI is InChI=1S/C14H22O/c1-5-6-9-13(15)12-8-7-10-14(3,4)11(12)2/h5,7-8,10-11,13,15H,1,6,9H2,2-4H3. The summed E-state index contributed by atoms with van der Waals surface area (Å²) in [7, 11) is 0. The molecule has 0 amide bonds. The van der Waals surface area contributed by atoms with Gasteiger partial charge < -0.3 is 5.11 Å². The fourth-order valence-corrected chi connectivity index (χ4v) is 1.97. The minimum absolute atomic E-state index is 0.152. The van der Waals surface area contributed by atoms with Gasteiger partial charge in [-0.1, -0.05) is 45.1 Å². The summed E-state index contributed by atoms with van der Waals surface area (Å²) >= 11 is 0. The lowest BCUT2D eigenvalue weighted by molar-refractivity contribution is 0.171. The third-order valence-corrected chi connectivity index (χ3v) is 3.46. The first-order valence-electron chi connectivity index (χ1n) is 5.67. The van der Waals surface area contributed by atoms with E-state index in [1.54, 1.807) is 0 Å². The molecule has 2 unspecified atom stereocenters. The first-order valence-corrected chi connectivity index (χ1v) is 5.67. The molecule has 0 saturated carbocycles. The van der Waals surface area contributed by atoms with Gasteiger partial charge in [0.15, 0.2) is 0 Å². The van der Waals surface area contributed by atoms with Crippen molar-refractivity contribution < 1.29 is 5.11 Å². The van der Waals surface area contributed by atoms with Gasteiger partial charge in [-0.2, -0.15) is 0 Å². The molecule has 0 aromatic rings. The van der Waals surface area contributed by atoms with Crippen LogP contribution >= 0.6 is 0 Å². The molecular weight excluding hydrogens is 184 g/mol. The van der Waals surface area contributed by atoms with Crippen molar-refractivity contribution in [3.63, 3.8) is 0 Å². The van der Waals surface area contributed by atoms with Gasteiger partial charge in [-0.3, -0.25) is 0 Å². The number of aliphatic hydroxyl groups is 1. The molecule has 0 aromatic heterocycles. The van der Waals surface area contributed by atoms with Gasteiger partial charge in [0.05, 0.1) is 6.10 Å². The van der Waals surface area contributed by atoms with Crippen molar-refractivity contribution in [1.29, 1.82) is 0 Å². The van der Waals surface area contributed by atoms with Crippen molar-refractivity contribution in [1.82, 2.24) is 0 Å². The lowest BCUT2D eigenvalue weighted by Crippen LogP contribution is -2.28. The molecular formula is C14H22O. The molecule has 1 rings (SSSR count). The van der Waals surface area contributed by atoms with Crippen LogP contribution in [0, 0.1) is 11.3 Å². The summed E-state index contributed by atoms with van der Waals surface area (Å²) in [6.45, 7) is 10.3. The maximum absolute atomic E-state index is 10.1. The van der Waals surface area contributed by atoms with Crippen LogP contribution in [-0.4, -0.2) is 11.2 Å². The van der Waals surface area contributed by atoms with Crippen molar-refractivity contribution >= 4 is 0 Å². The van der Waals surface area contributed by atoms with Gasteiger partial charge in [-0.15, -0.1) is 6.58 Å². The summed E-state index contributed by atoms with van der Waals surface area (Å²) < 4.78 is 0. The normalized spacial score (nSPS) is 25.9. The number of aliphatic hydroxyl groups excluding tert-OH is 1. The van der Waals surface area contributed by atoms with Gasteiger partial charge in [-0.25, -0.2) is 0 Å². The van der Waals surface area contributed by atoms with E-state index >= 15 is 0 Å². The first-order chi connectivity index (χ1) is 6.99. The molecule has 1 N–H and O–H groups in total. The molecule has 1 nitrogen and oxygen atoms in total. The van der Waals surface area contributed by atoms with Gasteiger partial charge in [0.25, 0.3) is 0 Å². The summed E-state index contributed by atoms with van der Waals surface area (Å²) in [6, 6.07) is 0. The Labute approximate surface area is 93.2 Å². The van der Waals surface area contributed by atoms with Crippen molar-refractivity contribution in [2.24, 2.45) is 11.3 Å². The number of hydrogen-bond donors (Lipinski definition) is 1. The quantitative estimate of drug-likeness (QED) is 0.698. The van der Waals surface area contributed by atoms with E-state index in [0.29, 0.717) is 5.92 Å². The van der Waals surface area contributed by atoms with Crippen molar-refractivity contribution in [3.8, 4) is 0 Å². The molecule has 0 fully saturated rings. The number of allylic oxidation sites excluding steroid dienone is 4. The smallest absolute Gasteiger partial charge is 0.0759 e. The highest BCUT2D eigenvalue weighted by atomic mass is 16.3. The van der Waals surface area contributed by atoms with Crippen molar-refractivity contribution in [2.45, 2.75) is 39.7 Å². The molecule has 0 bridgehead atoms. The molecule has 15 heavy (non-hydrogen) atoms. The van der Waals surface area contributed by atoms with Crippen LogP contribution in [0.1, 0.15) is 33.6 Å². The van der Waals surface area contributed by atoms with Gasteiger partial charge >= 0.3 is 0 Å². The van der Waals surface area contributed by atoms with Crippen molar-refractivity contribution in [2.75, 3.05) is 0 Å². The largest absolute Gasteiger partial charge is 0.389 e. The second kappa shape index (κ2) is 4.80. The Morgan fingerprint density at radius 3 is 2.87 bits per heavy atom. The fraction of sp³-hybridized carbons (Fsp3) is 0.571. The van der Waals surface area contributed by atoms with E-state index in [-0.39, 0.29) is 11.5 Å². The van der Waals surface area contributed by atoms with Crippen LogP contribution in [0.15, 0.2) is 36.5 Å². The maximum atomic E-state index is 10.1. The first kappa shape index (κ1) is 12.3. The lowest BCUT2D eigenvalue weighted by Gasteiger charge is -2.35. The second-order valence-electron chi connectivity index (χ2n) is 4.95. The monoisotopic (exact) mass is 206 g/mol. The van der Waals surface area contributed by atoms with Gasteiger partial charge in [-0.05, 0) is 29.7 Å². The molecule has 1 aliphatic carbocycles. The van der Waals surface area contributed by atoms with E-state index in [2.05, 4.69) is 45.6 Å². The van der Waals surface area contributed by atoms with Crippen LogP contribution < -0.4 is 0 Å². The summed E-state index contributed by atoms with van der Waals surface area (Å²) in [5.74, 6) is 0.405. The zero-order valence-electron chi connectivity index (χ0n) is 10.0. The highest BCUT2D eigenvalue weighted by molar-refractivity contribution is 5.28. The van der Waals surface area contributed by atoms with Crippen LogP contribution in [0.25, 0.3) is 0 Å². The van der Waals surface area contributed by atoms with E-state index in [9.17, 15) is 5.11 Å². The number of rotatable bonds is 4. The predicted molar refractivity (Wildman–Crippen MR) is 65.6 cm³/mol. The average molecular weight is 206 g/mol. The molecule has 2 atom stereocenters. The van der Waals surface area contributed by atoms with Crippen LogP contribution in [-0.2, 0) is 0 Å². The Bertz CT molecular complexity index is 284. The SMILES string of the molecule is C=CCCC(O)C1=CC=CC(C)(C)C1C. The van der Waals surface area contributed by atoms with Gasteiger partial charge in [0.2, 0.25) is 0 Å². The number of hydrogen-bond acceptors (Lipinski definition) is 1. The zero-order valence-corrected chi connectivity index (χ0v) is 10.0. The van der Waals surface area contributed by atoms with Crippen LogP contribution in [0.5, 0.6) is 0 Å². The van der Waals surface area contributed by atoms with E-state index in [1.165, 1.54) is 0 Å². The summed E-state index contributed by atoms with van der Waals surface area (Å²) in [5.41, 5.74) is 1.31. The minimum Gasteiger partial charge on any atom is -0.389 e. The Morgan fingerprint density at radius 1 is 1.60 bits per heavy atom. The predicted octanol–water partition coefficient (Wildman–Crippen LogP) is 3.47. The average Bonchev–Trinajstić information content (AvgIpc) is 2.18. The van der Waals surface area contributed by atoms with Gasteiger partial charge in [0.1, 0.15) is 0 Å². The third-order valence-electron chi connectivity index (χ3n) is 3.46. The van der Waals surface area contributed by atoms with Gasteiger partial charge in [0, 0.05) is 0 Å². The molecule has 1 heteroatoms. The van der Waals surface area contributed by atoms with Crippen LogP contribution in [0.2, 0.25) is 0 Å². The van der Waals surface area contributed by atoms with E-state index < -0.39 is 0 Å². The Morgan fingerprint density at radius 2 is 2.27 bits per heavy atom. The summed E-state index contributed by atoms with van der Waals surface area (Å²) in [5, 5.41) is 10.1. The Balaban J connectivity index is 2.73. The van der Waals surface area contributed by atoms with Crippen LogP contribution in [0.4, 0.5) is 0 Å². The molecule has 84 valence electrons. The van der Waals surface area contributed by atoms with Crippen molar-refractivity contribution in [3.05, 3.63) is 36.5 Å². The Kier molecular flexibility index (Phi) is 3.92. The minimum atomic E-state index is -0.317. The Hall–Kier alpha value is -0.820. The molecule has 0 saturated heterocycles. The fourth-order valence-electron chi connectivity index (χ4n) is 1.97. The maximum Gasteiger partial charge on any atom is 0.0759 e. The highest BCUT2D eigenvalue weighted by Crippen LogP contribution is 2.38. The molecule has 0 aromatic carbocycles. The van der Waals surface area contributed by atoms with Crippen LogP contribution in [0.3, 0.4) is 0 Å². The molecule has 0 heterocycles. The topological polar surface area (TPSA) is 20.2 Å². The van der Waals surface area contributed by atoms with E-state index in [4.69, 9.17) is 0 Å². The zero-order chi connectivity index (χ0) is 11.5. The molecule has 0 aliphatic heterocycles. The second-order valence-corrected chi connectivity index (χ2v) is 4.95. The van der Waals surface area contributed by atoms with E-state index in [0.717, 1.165) is 18.4 Å². The lowest BCUT2D eigenvalue weighted by atomic mass is 9.71.